The molecule has 2 rings (SSSR count). The van der Waals surface area contributed by atoms with Gasteiger partial charge in [0.05, 0.1) is 11.1 Å². The lowest BCUT2D eigenvalue weighted by molar-refractivity contribution is 0.0957. The van der Waals surface area contributed by atoms with Gasteiger partial charge >= 0.3 is 0 Å². The minimum absolute atomic E-state index is 0.0337. The summed E-state index contributed by atoms with van der Waals surface area (Å²) in [5.74, 6) is -0.0337. The second-order valence-corrected chi connectivity index (χ2v) is 4.19. The van der Waals surface area contributed by atoms with Crippen molar-refractivity contribution in [3.8, 4) is 0 Å². The van der Waals surface area contributed by atoms with Gasteiger partial charge in [-0.1, -0.05) is 11.6 Å². The van der Waals surface area contributed by atoms with Crippen molar-refractivity contribution in [1.82, 2.24) is 10.3 Å². The molecule has 0 fully saturated rings. The predicted octanol–water partition coefficient (Wildman–Crippen LogP) is 2.60. The van der Waals surface area contributed by atoms with E-state index in [0.717, 1.165) is 22.2 Å². The van der Waals surface area contributed by atoms with Crippen LogP contribution in [0.15, 0.2) is 24.3 Å². The fourth-order valence-corrected chi connectivity index (χ4v) is 1.92. The van der Waals surface area contributed by atoms with Gasteiger partial charge in [-0.2, -0.15) is 0 Å². The highest BCUT2D eigenvalue weighted by molar-refractivity contribution is 6.06. The summed E-state index contributed by atoms with van der Waals surface area (Å²) in [4.78, 5) is 16.4. The molecule has 0 atom stereocenters. The lowest BCUT2D eigenvalue weighted by Gasteiger charge is -2.08. The largest absolute Gasteiger partial charge is 0.352 e. The SMILES string of the molecule is CCNC(=O)c1cc(C)nc2ccc(C)cc12. The Morgan fingerprint density at radius 3 is 2.76 bits per heavy atom. The predicted molar refractivity (Wildman–Crippen MR) is 69.2 cm³/mol. The van der Waals surface area contributed by atoms with E-state index in [1.165, 1.54) is 0 Å². The maximum absolute atomic E-state index is 12.0. The molecule has 0 aliphatic rings. The fraction of sp³-hybridized carbons (Fsp3) is 0.286. The maximum atomic E-state index is 12.0. The highest BCUT2D eigenvalue weighted by atomic mass is 16.1. The van der Waals surface area contributed by atoms with E-state index in [2.05, 4.69) is 10.3 Å². The summed E-state index contributed by atoms with van der Waals surface area (Å²) >= 11 is 0. The van der Waals surface area contributed by atoms with Crippen LogP contribution in [0.25, 0.3) is 10.9 Å². The Balaban J connectivity index is 2.67. The molecule has 0 saturated carbocycles. The number of aryl methyl sites for hydroxylation is 2. The zero-order valence-corrected chi connectivity index (χ0v) is 10.4. The van der Waals surface area contributed by atoms with Crippen LogP contribution in [0, 0.1) is 13.8 Å². The van der Waals surface area contributed by atoms with Gasteiger partial charge in [0, 0.05) is 17.6 Å². The number of carbonyl (C=O) groups is 1. The van der Waals surface area contributed by atoms with Crippen LogP contribution in [0.1, 0.15) is 28.5 Å². The van der Waals surface area contributed by atoms with E-state index >= 15 is 0 Å². The topological polar surface area (TPSA) is 42.0 Å². The number of fused-ring (bicyclic) bond motifs is 1. The molecule has 0 saturated heterocycles. The summed E-state index contributed by atoms with van der Waals surface area (Å²) in [5, 5.41) is 3.75. The minimum Gasteiger partial charge on any atom is -0.352 e. The highest BCUT2D eigenvalue weighted by Gasteiger charge is 2.11. The zero-order valence-electron chi connectivity index (χ0n) is 10.4. The van der Waals surface area contributed by atoms with Gasteiger partial charge in [-0.05, 0) is 39.0 Å². The van der Waals surface area contributed by atoms with E-state index in [1.54, 1.807) is 0 Å². The molecule has 0 unspecified atom stereocenters. The zero-order chi connectivity index (χ0) is 12.4. The van der Waals surface area contributed by atoms with Gasteiger partial charge in [0.1, 0.15) is 0 Å². The second kappa shape index (κ2) is 4.53. The van der Waals surface area contributed by atoms with E-state index in [0.29, 0.717) is 12.1 Å². The number of nitrogens with zero attached hydrogens (tertiary/aromatic N) is 1. The van der Waals surface area contributed by atoms with Crippen LogP contribution >= 0.6 is 0 Å². The van der Waals surface area contributed by atoms with Crippen molar-refractivity contribution in [2.75, 3.05) is 6.54 Å². The van der Waals surface area contributed by atoms with Crippen molar-refractivity contribution >= 4 is 16.8 Å². The normalized spacial score (nSPS) is 10.5. The van der Waals surface area contributed by atoms with Gasteiger partial charge in [0.15, 0.2) is 0 Å². The molecule has 0 radical (unpaired) electrons. The molecule has 0 bridgehead atoms. The third kappa shape index (κ3) is 2.28. The molecular formula is C14H16N2O. The van der Waals surface area contributed by atoms with Crippen LogP contribution in [-0.2, 0) is 0 Å². The molecule has 0 spiro atoms. The number of benzene rings is 1. The molecule has 3 heteroatoms. The number of aromatic nitrogens is 1. The Hall–Kier alpha value is -1.90. The molecule has 1 heterocycles. The maximum Gasteiger partial charge on any atom is 0.252 e. The van der Waals surface area contributed by atoms with E-state index in [-0.39, 0.29) is 5.91 Å². The Kier molecular flexibility index (Phi) is 3.09. The minimum atomic E-state index is -0.0337. The summed E-state index contributed by atoms with van der Waals surface area (Å²) in [6.07, 6.45) is 0. The molecule has 17 heavy (non-hydrogen) atoms. The summed E-state index contributed by atoms with van der Waals surface area (Å²) in [7, 11) is 0. The molecule has 3 nitrogen and oxygen atoms in total. The van der Waals surface area contributed by atoms with Crippen molar-refractivity contribution in [1.29, 1.82) is 0 Å². The van der Waals surface area contributed by atoms with Gasteiger partial charge in [-0.15, -0.1) is 0 Å². The van der Waals surface area contributed by atoms with E-state index in [9.17, 15) is 4.79 Å². The van der Waals surface area contributed by atoms with Gasteiger partial charge in [-0.3, -0.25) is 9.78 Å². The Morgan fingerprint density at radius 1 is 1.29 bits per heavy atom. The van der Waals surface area contributed by atoms with Crippen LogP contribution in [0.2, 0.25) is 0 Å². The van der Waals surface area contributed by atoms with Crippen LogP contribution in [0.5, 0.6) is 0 Å². The number of hydrogen-bond donors (Lipinski definition) is 1. The number of pyridine rings is 1. The van der Waals surface area contributed by atoms with Crippen molar-refractivity contribution in [2.24, 2.45) is 0 Å². The van der Waals surface area contributed by atoms with Gasteiger partial charge in [0.2, 0.25) is 0 Å². The third-order valence-electron chi connectivity index (χ3n) is 2.67. The molecule has 1 aromatic carbocycles. The average Bonchev–Trinajstić information content (AvgIpc) is 2.29. The average molecular weight is 228 g/mol. The Labute approximate surface area is 101 Å². The number of carbonyl (C=O) groups excluding carboxylic acids is 1. The summed E-state index contributed by atoms with van der Waals surface area (Å²) in [6, 6.07) is 7.82. The molecule has 1 aromatic heterocycles. The van der Waals surface area contributed by atoms with E-state index < -0.39 is 0 Å². The smallest absolute Gasteiger partial charge is 0.252 e. The number of amides is 1. The molecule has 0 aliphatic heterocycles. The van der Waals surface area contributed by atoms with E-state index in [4.69, 9.17) is 0 Å². The molecule has 2 aromatic rings. The molecular weight excluding hydrogens is 212 g/mol. The van der Waals surface area contributed by atoms with Crippen LogP contribution in [0.4, 0.5) is 0 Å². The molecule has 1 N–H and O–H groups in total. The first-order chi connectivity index (χ1) is 8.11. The number of rotatable bonds is 2. The van der Waals surface area contributed by atoms with Crippen LogP contribution < -0.4 is 5.32 Å². The second-order valence-electron chi connectivity index (χ2n) is 4.19. The molecule has 1 amide bonds. The van der Waals surface area contributed by atoms with Crippen molar-refractivity contribution < 1.29 is 4.79 Å². The molecule has 0 aliphatic carbocycles. The number of hydrogen-bond acceptors (Lipinski definition) is 2. The Morgan fingerprint density at radius 2 is 2.06 bits per heavy atom. The first-order valence-electron chi connectivity index (χ1n) is 5.78. The first kappa shape index (κ1) is 11.6. The van der Waals surface area contributed by atoms with Crippen molar-refractivity contribution in [3.05, 3.63) is 41.1 Å². The van der Waals surface area contributed by atoms with Crippen LogP contribution in [0.3, 0.4) is 0 Å². The summed E-state index contributed by atoms with van der Waals surface area (Å²) in [5.41, 5.74) is 3.58. The van der Waals surface area contributed by atoms with Gasteiger partial charge in [-0.25, -0.2) is 0 Å². The monoisotopic (exact) mass is 228 g/mol. The van der Waals surface area contributed by atoms with Gasteiger partial charge in [0.25, 0.3) is 5.91 Å². The lowest BCUT2D eigenvalue weighted by Crippen LogP contribution is -2.23. The van der Waals surface area contributed by atoms with Gasteiger partial charge < -0.3 is 5.32 Å². The Bertz CT molecular complexity index is 576. The lowest BCUT2D eigenvalue weighted by atomic mass is 10.0. The van der Waals surface area contributed by atoms with Crippen LogP contribution in [-0.4, -0.2) is 17.4 Å². The quantitative estimate of drug-likeness (QED) is 0.858. The standard InChI is InChI=1S/C14H16N2O/c1-4-15-14(17)12-8-10(3)16-13-6-5-9(2)7-11(12)13/h5-8H,4H2,1-3H3,(H,15,17). The summed E-state index contributed by atoms with van der Waals surface area (Å²) in [6.45, 7) is 6.47. The highest BCUT2D eigenvalue weighted by Crippen LogP contribution is 2.19. The first-order valence-corrected chi connectivity index (χ1v) is 5.78. The molecule has 88 valence electrons. The fourth-order valence-electron chi connectivity index (χ4n) is 1.92. The van der Waals surface area contributed by atoms with Crippen molar-refractivity contribution in [3.63, 3.8) is 0 Å². The van der Waals surface area contributed by atoms with E-state index in [1.807, 2.05) is 45.0 Å². The number of nitrogens with one attached hydrogen (secondary N) is 1. The summed E-state index contributed by atoms with van der Waals surface area (Å²) < 4.78 is 0. The van der Waals surface area contributed by atoms with Crippen molar-refractivity contribution in [2.45, 2.75) is 20.8 Å². The third-order valence-corrected chi connectivity index (χ3v) is 2.67.